The van der Waals surface area contributed by atoms with Crippen LogP contribution in [0.15, 0.2) is 18.2 Å². The van der Waals surface area contributed by atoms with E-state index >= 15 is 0 Å². The maximum Gasteiger partial charge on any atom is 0.131 e. The molecule has 5 heteroatoms. The maximum absolute atomic E-state index is 13.4. The van der Waals surface area contributed by atoms with Gasteiger partial charge in [0.15, 0.2) is 0 Å². The van der Waals surface area contributed by atoms with Crippen LogP contribution in [0.1, 0.15) is 24.5 Å². The fourth-order valence-corrected chi connectivity index (χ4v) is 2.13. The minimum absolute atomic E-state index is 0.138. The Kier molecular flexibility index (Phi) is 4.27. The number of ether oxygens (including phenoxy) is 1. The van der Waals surface area contributed by atoms with Gasteiger partial charge >= 0.3 is 0 Å². The molecule has 0 bridgehead atoms. The van der Waals surface area contributed by atoms with Gasteiger partial charge in [-0.15, -0.1) is 0 Å². The minimum atomic E-state index is -1.17. The van der Waals surface area contributed by atoms with Crippen molar-refractivity contribution < 1.29 is 18.6 Å². The molecule has 0 heterocycles. The molecular weight excluding hydrogens is 240 g/mol. The van der Waals surface area contributed by atoms with E-state index in [1.165, 1.54) is 6.07 Å². The van der Waals surface area contributed by atoms with Crippen LogP contribution in [0.3, 0.4) is 0 Å². The normalized spacial score (nSPS) is 24.7. The quantitative estimate of drug-likeness (QED) is 0.844. The predicted octanol–water partition coefficient (Wildman–Crippen LogP) is 1.77. The first-order chi connectivity index (χ1) is 8.61. The first kappa shape index (κ1) is 13.4. The third-order valence-electron chi connectivity index (χ3n) is 3.36. The van der Waals surface area contributed by atoms with Crippen LogP contribution < -0.4 is 5.32 Å². The van der Waals surface area contributed by atoms with Crippen LogP contribution in [0, 0.1) is 11.6 Å². The summed E-state index contributed by atoms with van der Waals surface area (Å²) in [5.74, 6) is -1.43. The van der Waals surface area contributed by atoms with Crippen LogP contribution in [0.25, 0.3) is 0 Å². The largest absolute Gasteiger partial charge is 0.387 e. The molecule has 0 radical (unpaired) electrons. The summed E-state index contributed by atoms with van der Waals surface area (Å²) >= 11 is 0. The second-order valence-electron chi connectivity index (χ2n) is 4.59. The topological polar surface area (TPSA) is 41.5 Å². The zero-order valence-electron chi connectivity index (χ0n) is 10.2. The van der Waals surface area contributed by atoms with Gasteiger partial charge in [-0.1, -0.05) is 6.07 Å². The molecular formula is C13H17F2NO2. The summed E-state index contributed by atoms with van der Waals surface area (Å²) in [4.78, 5) is 0. The molecule has 1 unspecified atom stereocenters. The third-order valence-corrected chi connectivity index (χ3v) is 3.36. The number of hydrogen-bond acceptors (Lipinski definition) is 3. The van der Waals surface area contributed by atoms with Gasteiger partial charge in [0.25, 0.3) is 0 Å². The van der Waals surface area contributed by atoms with Crippen molar-refractivity contribution >= 4 is 0 Å². The van der Waals surface area contributed by atoms with Gasteiger partial charge in [-0.25, -0.2) is 8.78 Å². The SMILES string of the molecule is COC1CC(NCC(O)c2c(F)cccc2F)C1. The van der Waals surface area contributed by atoms with Crippen molar-refractivity contribution in [3.63, 3.8) is 0 Å². The highest BCUT2D eigenvalue weighted by atomic mass is 19.1. The number of aliphatic hydroxyl groups excluding tert-OH is 1. The fourth-order valence-electron chi connectivity index (χ4n) is 2.13. The van der Waals surface area contributed by atoms with E-state index in [9.17, 15) is 13.9 Å². The zero-order chi connectivity index (χ0) is 13.1. The summed E-state index contributed by atoms with van der Waals surface area (Å²) in [6.45, 7) is 0.138. The molecule has 1 saturated carbocycles. The van der Waals surface area contributed by atoms with E-state index in [0.717, 1.165) is 25.0 Å². The summed E-state index contributed by atoms with van der Waals surface area (Å²) in [6.07, 6.45) is 0.809. The van der Waals surface area contributed by atoms with Gasteiger partial charge in [0.1, 0.15) is 11.6 Å². The second-order valence-corrected chi connectivity index (χ2v) is 4.59. The van der Waals surface area contributed by atoms with Gasteiger partial charge in [0.05, 0.1) is 17.8 Å². The molecule has 2 N–H and O–H groups in total. The predicted molar refractivity (Wildman–Crippen MR) is 63.1 cm³/mol. The molecule has 3 nitrogen and oxygen atoms in total. The molecule has 1 aromatic rings. The van der Waals surface area contributed by atoms with Crippen molar-refractivity contribution in [1.29, 1.82) is 0 Å². The highest BCUT2D eigenvalue weighted by Gasteiger charge is 2.29. The van der Waals surface area contributed by atoms with Gasteiger partial charge in [-0.05, 0) is 25.0 Å². The molecule has 1 atom stereocenters. The Morgan fingerprint density at radius 2 is 2.00 bits per heavy atom. The van der Waals surface area contributed by atoms with Crippen LogP contribution in [0.5, 0.6) is 0 Å². The zero-order valence-corrected chi connectivity index (χ0v) is 10.2. The Labute approximate surface area is 105 Å². The minimum Gasteiger partial charge on any atom is -0.387 e. The monoisotopic (exact) mass is 257 g/mol. The van der Waals surface area contributed by atoms with Crippen molar-refractivity contribution in [2.24, 2.45) is 0 Å². The van der Waals surface area contributed by atoms with Gasteiger partial charge in [-0.3, -0.25) is 0 Å². The number of methoxy groups -OCH3 is 1. The molecule has 1 aliphatic rings. The first-order valence-corrected chi connectivity index (χ1v) is 6.00. The average Bonchev–Trinajstić information content (AvgIpc) is 2.27. The molecule has 2 rings (SSSR count). The number of nitrogens with one attached hydrogen (secondary N) is 1. The molecule has 0 saturated heterocycles. The van der Waals surface area contributed by atoms with Crippen molar-refractivity contribution in [3.8, 4) is 0 Å². The summed E-state index contributed by atoms with van der Waals surface area (Å²) in [5, 5.41) is 12.9. The molecule has 1 fully saturated rings. The van der Waals surface area contributed by atoms with E-state index in [0.29, 0.717) is 0 Å². The first-order valence-electron chi connectivity index (χ1n) is 6.00. The summed E-state index contributed by atoms with van der Waals surface area (Å²) in [6, 6.07) is 3.82. The van der Waals surface area contributed by atoms with Gasteiger partial charge < -0.3 is 15.2 Å². The van der Waals surface area contributed by atoms with E-state index in [4.69, 9.17) is 4.74 Å². The Balaban J connectivity index is 1.86. The lowest BCUT2D eigenvalue weighted by molar-refractivity contribution is 0.0135. The number of rotatable bonds is 5. The van der Waals surface area contributed by atoms with Crippen LogP contribution in [-0.2, 0) is 4.74 Å². The van der Waals surface area contributed by atoms with Crippen LogP contribution in [0.2, 0.25) is 0 Å². The van der Waals surface area contributed by atoms with Gasteiger partial charge in [0, 0.05) is 19.7 Å². The van der Waals surface area contributed by atoms with Crippen molar-refractivity contribution in [3.05, 3.63) is 35.4 Å². The summed E-state index contributed by atoms with van der Waals surface area (Å²) in [5.41, 5.74) is -0.271. The third kappa shape index (κ3) is 2.85. The van der Waals surface area contributed by atoms with Crippen molar-refractivity contribution in [1.82, 2.24) is 5.32 Å². The summed E-state index contributed by atoms with van der Waals surface area (Å²) in [7, 11) is 1.66. The summed E-state index contributed by atoms with van der Waals surface area (Å²) < 4.78 is 31.9. The molecule has 18 heavy (non-hydrogen) atoms. The van der Waals surface area contributed by atoms with E-state index < -0.39 is 17.7 Å². The molecule has 0 aromatic heterocycles. The molecule has 0 aliphatic heterocycles. The standard InChI is InChI=1S/C13H17F2NO2/c1-18-9-5-8(6-9)16-7-12(17)13-10(14)3-2-4-11(13)15/h2-4,8-9,12,16-17H,5-7H2,1H3. The number of hydrogen-bond donors (Lipinski definition) is 2. The molecule has 1 aromatic carbocycles. The van der Waals surface area contributed by atoms with Crippen molar-refractivity contribution in [2.75, 3.05) is 13.7 Å². The fraction of sp³-hybridized carbons (Fsp3) is 0.538. The van der Waals surface area contributed by atoms with E-state index in [-0.39, 0.29) is 24.3 Å². The average molecular weight is 257 g/mol. The van der Waals surface area contributed by atoms with Gasteiger partial charge in [0.2, 0.25) is 0 Å². The van der Waals surface area contributed by atoms with Gasteiger partial charge in [-0.2, -0.15) is 0 Å². The van der Waals surface area contributed by atoms with E-state index in [1.807, 2.05) is 0 Å². The molecule has 1 aliphatic carbocycles. The number of aliphatic hydroxyl groups is 1. The number of halogens is 2. The molecule has 0 spiro atoms. The number of benzene rings is 1. The smallest absolute Gasteiger partial charge is 0.131 e. The van der Waals surface area contributed by atoms with Crippen LogP contribution in [0.4, 0.5) is 8.78 Å². The molecule has 100 valence electrons. The second kappa shape index (κ2) is 5.73. The highest BCUT2D eigenvalue weighted by Crippen LogP contribution is 2.24. The lowest BCUT2D eigenvalue weighted by Gasteiger charge is -2.35. The lowest BCUT2D eigenvalue weighted by Crippen LogP contribution is -2.46. The lowest BCUT2D eigenvalue weighted by atomic mass is 9.89. The maximum atomic E-state index is 13.4. The Morgan fingerprint density at radius 3 is 2.56 bits per heavy atom. The molecule has 0 amide bonds. The van der Waals surface area contributed by atoms with E-state index in [2.05, 4.69) is 5.32 Å². The van der Waals surface area contributed by atoms with E-state index in [1.54, 1.807) is 7.11 Å². The van der Waals surface area contributed by atoms with Crippen LogP contribution in [-0.4, -0.2) is 30.9 Å². The Bertz CT molecular complexity index is 388. The van der Waals surface area contributed by atoms with Crippen molar-refractivity contribution in [2.45, 2.75) is 31.1 Å². The highest BCUT2D eigenvalue weighted by molar-refractivity contribution is 5.22. The van der Waals surface area contributed by atoms with Crippen LogP contribution >= 0.6 is 0 Å². The Hall–Kier alpha value is -1.04. The Morgan fingerprint density at radius 1 is 1.39 bits per heavy atom.